The zero-order valence-electron chi connectivity index (χ0n) is 10.8. The molecular formula is C12H25NO2S. The monoisotopic (exact) mass is 247 g/mol. The molecule has 3 nitrogen and oxygen atoms in total. The van der Waals surface area contributed by atoms with Gasteiger partial charge in [-0.05, 0) is 39.3 Å². The lowest BCUT2D eigenvalue weighted by Gasteiger charge is -2.03. The van der Waals surface area contributed by atoms with Crippen LogP contribution in [0.3, 0.4) is 0 Å². The Morgan fingerprint density at radius 1 is 1.25 bits per heavy atom. The summed E-state index contributed by atoms with van der Waals surface area (Å²) >= 11 is 0. The third-order valence-corrected chi connectivity index (χ3v) is 4.19. The molecule has 0 atom stereocenters. The van der Waals surface area contributed by atoms with Crippen molar-refractivity contribution in [1.82, 2.24) is 5.32 Å². The first kappa shape index (κ1) is 15.7. The smallest absolute Gasteiger partial charge is 0.150 e. The molecule has 0 spiro atoms. The molecule has 0 aromatic heterocycles. The van der Waals surface area contributed by atoms with E-state index in [-0.39, 0.29) is 11.5 Å². The van der Waals surface area contributed by atoms with E-state index < -0.39 is 9.84 Å². The molecule has 4 heteroatoms. The van der Waals surface area contributed by atoms with Crippen molar-refractivity contribution in [2.24, 2.45) is 0 Å². The molecule has 0 aliphatic heterocycles. The minimum absolute atomic E-state index is 0.248. The van der Waals surface area contributed by atoms with Crippen LogP contribution in [0.15, 0.2) is 11.6 Å². The molecule has 0 heterocycles. The fraction of sp³-hybridized carbons (Fsp3) is 0.833. The fourth-order valence-corrected chi connectivity index (χ4v) is 2.21. The third kappa shape index (κ3) is 8.92. The first-order chi connectivity index (χ1) is 7.52. The van der Waals surface area contributed by atoms with E-state index in [1.807, 2.05) is 6.92 Å². The van der Waals surface area contributed by atoms with Gasteiger partial charge in [-0.3, -0.25) is 0 Å². The van der Waals surface area contributed by atoms with E-state index in [0.29, 0.717) is 6.42 Å². The van der Waals surface area contributed by atoms with E-state index in [1.165, 1.54) is 5.57 Å². The van der Waals surface area contributed by atoms with E-state index >= 15 is 0 Å². The molecule has 0 aromatic rings. The first-order valence-electron chi connectivity index (χ1n) is 6.08. The predicted molar refractivity (Wildman–Crippen MR) is 70.5 cm³/mol. The lowest BCUT2D eigenvalue weighted by molar-refractivity contribution is 0.596. The van der Waals surface area contributed by atoms with Crippen LogP contribution in [-0.2, 0) is 9.84 Å². The summed E-state index contributed by atoms with van der Waals surface area (Å²) in [5.74, 6) is 0.534. The molecule has 0 aromatic carbocycles. The number of nitrogens with one attached hydrogen (secondary N) is 1. The van der Waals surface area contributed by atoms with Gasteiger partial charge in [0.1, 0.15) is 9.84 Å². The molecule has 0 saturated carbocycles. The zero-order valence-corrected chi connectivity index (χ0v) is 11.6. The summed E-state index contributed by atoms with van der Waals surface area (Å²) in [4.78, 5) is 0. The third-order valence-electron chi connectivity index (χ3n) is 2.49. The maximum Gasteiger partial charge on any atom is 0.150 e. The molecule has 0 saturated heterocycles. The molecule has 0 bridgehead atoms. The van der Waals surface area contributed by atoms with Crippen molar-refractivity contribution in [1.29, 1.82) is 0 Å². The van der Waals surface area contributed by atoms with Crippen LogP contribution in [0, 0.1) is 0 Å². The van der Waals surface area contributed by atoms with Gasteiger partial charge in [-0.1, -0.05) is 25.5 Å². The van der Waals surface area contributed by atoms with Crippen molar-refractivity contribution >= 4 is 9.84 Å². The predicted octanol–water partition coefficient (Wildman–Crippen LogP) is 2.15. The minimum atomic E-state index is -2.81. The molecule has 16 heavy (non-hydrogen) atoms. The Balaban J connectivity index is 3.71. The number of sulfone groups is 1. The normalized spacial score (nSPS) is 13.1. The van der Waals surface area contributed by atoms with Crippen LogP contribution in [0.5, 0.6) is 0 Å². The molecule has 0 radical (unpaired) electrons. The van der Waals surface area contributed by atoms with Crippen LogP contribution in [0.4, 0.5) is 0 Å². The van der Waals surface area contributed by atoms with Crippen LogP contribution in [0.25, 0.3) is 0 Å². The Morgan fingerprint density at radius 3 is 2.50 bits per heavy atom. The van der Waals surface area contributed by atoms with Gasteiger partial charge >= 0.3 is 0 Å². The molecule has 0 unspecified atom stereocenters. The summed E-state index contributed by atoms with van der Waals surface area (Å²) in [7, 11) is -2.81. The van der Waals surface area contributed by atoms with Crippen molar-refractivity contribution in [3.8, 4) is 0 Å². The molecule has 0 aliphatic carbocycles. The standard InChI is InChI=1S/C12H25NO2S/c1-4-9-13-10-6-7-12(3)8-11-16(14,15)5-2/h7,13H,4-6,8-11H2,1-3H3/b12-7-. The molecule has 0 fully saturated rings. The topological polar surface area (TPSA) is 46.2 Å². The SMILES string of the molecule is CCCNCC/C=C(/C)CCS(=O)(=O)CC. The molecule has 0 aliphatic rings. The lowest BCUT2D eigenvalue weighted by atomic mass is 10.2. The zero-order chi connectivity index (χ0) is 12.4. The van der Waals surface area contributed by atoms with E-state index in [9.17, 15) is 8.42 Å². The van der Waals surface area contributed by atoms with Crippen molar-refractivity contribution in [3.05, 3.63) is 11.6 Å². The molecule has 0 rings (SSSR count). The van der Waals surface area contributed by atoms with Gasteiger partial charge in [0.15, 0.2) is 0 Å². The Bertz CT molecular complexity index is 294. The summed E-state index contributed by atoms with van der Waals surface area (Å²) in [6, 6.07) is 0. The van der Waals surface area contributed by atoms with Crippen molar-refractivity contribution in [2.75, 3.05) is 24.6 Å². The average molecular weight is 247 g/mol. The average Bonchev–Trinajstić information content (AvgIpc) is 2.26. The quantitative estimate of drug-likeness (QED) is 0.501. The van der Waals surface area contributed by atoms with E-state index in [2.05, 4.69) is 18.3 Å². The van der Waals surface area contributed by atoms with E-state index in [0.717, 1.165) is 25.9 Å². The van der Waals surface area contributed by atoms with Crippen LogP contribution >= 0.6 is 0 Å². The number of hydrogen-bond acceptors (Lipinski definition) is 3. The second kappa shape index (κ2) is 8.76. The summed E-state index contributed by atoms with van der Waals surface area (Å²) in [6.07, 6.45) is 4.94. The first-order valence-corrected chi connectivity index (χ1v) is 7.90. The molecule has 96 valence electrons. The molecule has 0 amide bonds. The van der Waals surface area contributed by atoms with Crippen LogP contribution in [0.2, 0.25) is 0 Å². The van der Waals surface area contributed by atoms with Gasteiger partial charge in [0.25, 0.3) is 0 Å². The number of hydrogen-bond donors (Lipinski definition) is 1. The Morgan fingerprint density at radius 2 is 1.94 bits per heavy atom. The van der Waals surface area contributed by atoms with Crippen LogP contribution < -0.4 is 5.32 Å². The Labute approximate surface area is 100 Å². The van der Waals surface area contributed by atoms with Gasteiger partial charge in [-0.15, -0.1) is 0 Å². The van der Waals surface area contributed by atoms with Crippen LogP contribution in [0.1, 0.15) is 40.0 Å². The van der Waals surface area contributed by atoms with Crippen molar-refractivity contribution < 1.29 is 8.42 Å². The highest BCUT2D eigenvalue weighted by molar-refractivity contribution is 7.91. The fourth-order valence-electron chi connectivity index (χ4n) is 1.29. The Hall–Kier alpha value is -0.350. The van der Waals surface area contributed by atoms with Gasteiger partial charge < -0.3 is 5.32 Å². The lowest BCUT2D eigenvalue weighted by Crippen LogP contribution is -2.15. The van der Waals surface area contributed by atoms with Gasteiger partial charge in [0.05, 0.1) is 5.75 Å². The number of allylic oxidation sites excluding steroid dienone is 1. The van der Waals surface area contributed by atoms with Crippen molar-refractivity contribution in [2.45, 2.75) is 40.0 Å². The van der Waals surface area contributed by atoms with Crippen molar-refractivity contribution in [3.63, 3.8) is 0 Å². The second-order valence-corrected chi connectivity index (χ2v) is 6.55. The summed E-state index contributed by atoms with van der Waals surface area (Å²) in [6.45, 7) is 7.88. The van der Waals surface area contributed by atoms with E-state index in [4.69, 9.17) is 0 Å². The highest BCUT2D eigenvalue weighted by Crippen LogP contribution is 2.04. The summed E-state index contributed by atoms with van der Waals surface area (Å²) in [5.41, 5.74) is 1.18. The summed E-state index contributed by atoms with van der Waals surface area (Å²) in [5, 5.41) is 3.31. The largest absolute Gasteiger partial charge is 0.316 e. The second-order valence-electron chi connectivity index (χ2n) is 4.08. The highest BCUT2D eigenvalue weighted by Gasteiger charge is 2.06. The van der Waals surface area contributed by atoms with E-state index in [1.54, 1.807) is 6.92 Å². The van der Waals surface area contributed by atoms with Gasteiger partial charge in [0, 0.05) is 5.75 Å². The van der Waals surface area contributed by atoms with Gasteiger partial charge in [-0.2, -0.15) is 0 Å². The maximum atomic E-state index is 11.3. The Kier molecular flexibility index (Phi) is 8.57. The summed E-state index contributed by atoms with van der Waals surface area (Å²) < 4.78 is 22.6. The molecular weight excluding hydrogens is 222 g/mol. The molecule has 1 N–H and O–H groups in total. The van der Waals surface area contributed by atoms with Crippen LogP contribution in [-0.4, -0.2) is 33.0 Å². The number of rotatable bonds is 9. The maximum absolute atomic E-state index is 11.3. The van der Waals surface area contributed by atoms with Gasteiger partial charge in [0.2, 0.25) is 0 Å². The van der Waals surface area contributed by atoms with Gasteiger partial charge in [-0.25, -0.2) is 8.42 Å². The highest BCUT2D eigenvalue weighted by atomic mass is 32.2. The minimum Gasteiger partial charge on any atom is -0.316 e.